The van der Waals surface area contributed by atoms with Crippen molar-refractivity contribution in [1.82, 2.24) is 35.1 Å². The molecule has 0 bridgehead atoms. The zero-order valence-corrected chi connectivity index (χ0v) is 23.2. The molecule has 1 aliphatic rings. The van der Waals surface area contributed by atoms with Gasteiger partial charge in [-0.1, -0.05) is 45.2 Å². The summed E-state index contributed by atoms with van der Waals surface area (Å²) < 4.78 is 0. The summed E-state index contributed by atoms with van der Waals surface area (Å²) in [6.07, 6.45) is 16.1. The number of unbranched alkanes of at least 4 members (excludes halogenated alkanes) is 1. The minimum absolute atomic E-state index is 0.0376. The minimum atomic E-state index is -0.0376. The van der Waals surface area contributed by atoms with Crippen molar-refractivity contribution < 1.29 is 4.79 Å². The van der Waals surface area contributed by atoms with Crippen molar-refractivity contribution in [2.45, 2.75) is 84.5 Å². The Kier molecular flexibility index (Phi) is 10.9. The summed E-state index contributed by atoms with van der Waals surface area (Å²) in [5.74, 6) is 2.21. The highest BCUT2D eigenvalue weighted by molar-refractivity contribution is 5.94. The second-order valence-electron chi connectivity index (χ2n) is 10.6. The van der Waals surface area contributed by atoms with Crippen molar-refractivity contribution in [3.05, 3.63) is 71.8 Å². The lowest BCUT2D eigenvalue weighted by Crippen LogP contribution is -2.43. The van der Waals surface area contributed by atoms with E-state index in [0.717, 1.165) is 36.7 Å². The topological polar surface area (TPSA) is 92.9 Å². The average molecular weight is 520 g/mol. The van der Waals surface area contributed by atoms with Gasteiger partial charge in [-0.15, -0.1) is 0 Å². The Bertz CT molecular complexity index is 1000. The molecule has 4 rings (SSSR count). The van der Waals surface area contributed by atoms with Gasteiger partial charge in [0.2, 0.25) is 0 Å². The molecule has 0 aliphatic carbocycles. The van der Waals surface area contributed by atoms with Gasteiger partial charge in [0.15, 0.2) is 0 Å². The summed E-state index contributed by atoms with van der Waals surface area (Å²) >= 11 is 0. The number of likely N-dealkylation sites (tertiary alicyclic amines) is 1. The molecule has 8 nitrogen and oxygen atoms in total. The van der Waals surface area contributed by atoms with E-state index in [4.69, 9.17) is 0 Å². The molecule has 1 fully saturated rings. The number of hydrogen-bond donors (Lipinski definition) is 3. The number of aromatic nitrogens is 4. The van der Waals surface area contributed by atoms with Crippen LogP contribution in [0.5, 0.6) is 0 Å². The van der Waals surface area contributed by atoms with Gasteiger partial charge in [-0.2, -0.15) is 0 Å². The lowest BCUT2D eigenvalue weighted by molar-refractivity contribution is 0.0721. The third-order valence-electron chi connectivity index (χ3n) is 7.72. The number of hydrogen-bond acceptors (Lipinski definition) is 5. The van der Waals surface area contributed by atoms with E-state index in [-0.39, 0.29) is 5.91 Å². The Morgan fingerprint density at radius 2 is 1.66 bits per heavy atom. The second kappa shape index (κ2) is 14.8. The summed E-state index contributed by atoms with van der Waals surface area (Å²) in [5.41, 5.74) is 1.87. The van der Waals surface area contributed by atoms with Crippen molar-refractivity contribution in [3.8, 4) is 0 Å². The van der Waals surface area contributed by atoms with Crippen LogP contribution in [-0.2, 0) is 19.6 Å². The van der Waals surface area contributed by atoms with Crippen molar-refractivity contribution in [1.29, 1.82) is 0 Å². The van der Waals surface area contributed by atoms with Crippen LogP contribution >= 0.6 is 0 Å². The molecule has 1 unspecified atom stereocenters. The second-order valence-corrected chi connectivity index (χ2v) is 10.6. The summed E-state index contributed by atoms with van der Waals surface area (Å²) in [7, 11) is 0. The van der Waals surface area contributed by atoms with Gasteiger partial charge in [0.05, 0.1) is 13.1 Å². The van der Waals surface area contributed by atoms with Crippen LogP contribution in [0.1, 0.15) is 86.4 Å². The first-order chi connectivity index (χ1) is 18.7. The molecular weight excluding hydrogens is 474 g/mol. The molecule has 0 radical (unpaired) electrons. The molecular formula is C30H45N7O. The highest BCUT2D eigenvalue weighted by Gasteiger charge is 2.24. The highest BCUT2D eigenvalue weighted by atomic mass is 16.2. The van der Waals surface area contributed by atoms with E-state index < -0.39 is 0 Å². The molecule has 1 saturated heterocycles. The number of imidazole rings is 2. The maximum atomic E-state index is 13.3. The van der Waals surface area contributed by atoms with Crippen LogP contribution in [0.2, 0.25) is 0 Å². The number of carbonyl (C=O) groups excluding carboxylic acids is 1. The standard InChI is InChI=1S/C30H45N7O/c1-3-5-7-27(6-4-2)36-18-12-25(13-19-36)21-31-20-24-8-10-26(11-9-24)30(38)37(22-28-32-14-15-33-28)23-29-34-16-17-35-29/h8-11,14-17,25,27,31H,3-7,12-13,18-23H2,1-2H3,(H,32,33)(H,34,35). The van der Waals surface area contributed by atoms with E-state index in [9.17, 15) is 4.79 Å². The Balaban J connectivity index is 1.24. The Morgan fingerprint density at radius 3 is 2.21 bits per heavy atom. The zero-order valence-electron chi connectivity index (χ0n) is 23.2. The van der Waals surface area contributed by atoms with Crippen LogP contribution in [0.15, 0.2) is 49.1 Å². The molecule has 2 aromatic heterocycles. The van der Waals surface area contributed by atoms with Gasteiger partial charge in [-0.3, -0.25) is 4.79 Å². The molecule has 0 spiro atoms. The summed E-state index contributed by atoms with van der Waals surface area (Å²) in [6.45, 7) is 9.77. The van der Waals surface area contributed by atoms with Crippen LogP contribution in [-0.4, -0.2) is 61.3 Å². The fourth-order valence-electron chi connectivity index (χ4n) is 5.50. The maximum Gasteiger partial charge on any atom is 0.254 e. The number of H-pyrrole nitrogens is 2. The highest BCUT2D eigenvalue weighted by Crippen LogP contribution is 2.23. The number of rotatable bonds is 15. The Labute approximate surface area is 227 Å². The molecule has 206 valence electrons. The largest absolute Gasteiger partial charge is 0.347 e. The first-order valence-corrected chi connectivity index (χ1v) is 14.5. The fraction of sp³-hybridized carbons (Fsp3) is 0.567. The molecule has 3 N–H and O–H groups in total. The van der Waals surface area contributed by atoms with Crippen molar-refractivity contribution in [3.63, 3.8) is 0 Å². The molecule has 3 aromatic rings. The van der Waals surface area contributed by atoms with Gasteiger partial charge < -0.3 is 25.1 Å². The van der Waals surface area contributed by atoms with Gasteiger partial charge in [0.25, 0.3) is 5.91 Å². The average Bonchev–Trinajstić information content (AvgIpc) is 3.66. The van der Waals surface area contributed by atoms with E-state index in [1.165, 1.54) is 63.6 Å². The van der Waals surface area contributed by atoms with Crippen molar-refractivity contribution >= 4 is 5.91 Å². The van der Waals surface area contributed by atoms with E-state index >= 15 is 0 Å². The third-order valence-corrected chi connectivity index (χ3v) is 7.72. The van der Waals surface area contributed by atoms with Crippen LogP contribution in [0, 0.1) is 5.92 Å². The molecule has 1 aliphatic heterocycles. The number of benzene rings is 1. The SMILES string of the molecule is CCCCC(CCC)N1CCC(CNCc2ccc(C(=O)N(Cc3ncc[nH]3)Cc3ncc[nH]3)cc2)CC1. The van der Waals surface area contributed by atoms with E-state index in [1.807, 2.05) is 12.1 Å². The van der Waals surface area contributed by atoms with Crippen LogP contribution in [0.25, 0.3) is 0 Å². The van der Waals surface area contributed by atoms with Gasteiger partial charge >= 0.3 is 0 Å². The molecule has 1 aromatic carbocycles. The maximum absolute atomic E-state index is 13.3. The van der Waals surface area contributed by atoms with Gasteiger partial charge in [-0.05, 0) is 68.9 Å². The van der Waals surface area contributed by atoms with Crippen LogP contribution < -0.4 is 5.32 Å². The first-order valence-electron chi connectivity index (χ1n) is 14.5. The number of nitrogens with zero attached hydrogens (tertiary/aromatic N) is 4. The molecule has 1 atom stereocenters. The quantitative estimate of drug-likeness (QED) is 0.259. The van der Waals surface area contributed by atoms with Gasteiger partial charge in [-0.25, -0.2) is 9.97 Å². The molecule has 0 saturated carbocycles. The van der Waals surface area contributed by atoms with Crippen molar-refractivity contribution in [2.24, 2.45) is 5.92 Å². The molecule has 1 amide bonds. The number of aromatic amines is 2. The number of carbonyl (C=O) groups is 1. The molecule has 38 heavy (non-hydrogen) atoms. The smallest absolute Gasteiger partial charge is 0.254 e. The number of piperidine rings is 1. The summed E-state index contributed by atoms with van der Waals surface area (Å²) in [6, 6.07) is 8.76. The van der Waals surface area contributed by atoms with Crippen molar-refractivity contribution in [2.75, 3.05) is 19.6 Å². The zero-order chi connectivity index (χ0) is 26.6. The minimum Gasteiger partial charge on any atom is -0.347 e. The normalized spacial score (nSPS) is 15.5. The predicted octanol–water partition coefficient (Wildman–Crippen LogP) is 5.14. The van der Waals surface area contributed by atoms with E-state index in [0.29, 0.717) is 18.7 Å². The lowest BCUT2D eigenvalue weighted by atomic mass is 9.93. The lowest BCUT2D eigenvalue weighted by Gasteiger charge is -2.38. The van der Waals surface area contributed by atoms with E-state index in [2.05, 4.69) is 56.1 Å². The number of nitrogens with one attached hydrogen (secondary N) is 3. The van der Waals surface area contributed by atoms with E-state index in [1.54, 1.807) is 29.7 Å². The third kappa shape index (κ3) is 8.27. The Hall–Kier alpha value is -2.97. The Morgan fingerprint density at radius 1 is 1.00 bits per heavy atom. The van der Waals surface area contributed by atoms with Gasteiger partial charge in [0, 0.05) is 42.9 Å². The van der Waals surface area contributed by atoms with Crippen LogP contribution in [0.3, 0.4) is 0 Å². The van der Waals surface area contributed by atoms with Crippen LogP contribution in [0.4, 0.5) is 0 Å². The summed E-state index contributed by atoms with van der Waals surface area (Å²) in [4.78, 5) is 32.6. The summed E-state index contributed by atoms with van der Waals surface area (Å²) in [5, 5.41) is 3.67. The monoisotopic (exact) mass is 519 g/mol. The number of amides is 1. The molecule has 3 heterocycles. The first kappa shape index (κ1) is 28.0. The predicted molar refractivity (Wildman–Crippen MR) is 151 cm³/mol. The fourth-order valence-corrected chi connectivity index (χ4v) is 5.50. The van der Waals surface area contributed by atoms with Gasteiger partial charge in [0.1, 0.15) is 11.6 Å². The molecule has 8 heteroatoms.